The molecule has 2 aromatic rings. The monoisotopic (exact) mass is 421 g/mol. The van der Waals surface area contributed by atoms with E-state index >= 15 is 0 Å². The van der Waals surface area contributed by atoms with Crippen molar-refractivity contribution in [2.45, 2.75) is 45.3 Å². The van der Waals surface area contributed by atoms with Gasteiger partial charge in [-0.1, -0.05) is 49.2 Å². The smallest absolute Gasteiger partial charge is 0.251 e. The first-order valence-electron chi connectivity index (χ1n) is 11.7. The van der Waals surface area contributed by atoms with E-state index in [-0.39, 0.29) is 5.91 Å². The third-order valence-electron chi connectivity index (χ3n) is 6.28. The predicted molar refractivity (Wildman–Crippen MR) is 124 cm³/mol. The molecule has 0 aliphatic carbocycles. The summed E-state index contributed by atoms with van der Waals surface area (Å²) in [6.45, 7) is 8.43. The van der Waals surface area contributed by atoms with Gasteiger partial charge in [-0.15, -0.1) is 0 Å². The summed E-state index contributed by atoms with van der Waals surface area (Å²) in [5.41, 5.74) is 4.43. The first-order chi connectivity index (χ1) is 15.3. The molecule has 2 aromatic carbocycles. The number of likely N-dealkylation sites (tertiary alicyclic amines) is 1. The summed E-state index contributed by atoms with van der Waals surface area (Å²) < 4.78 is 5.43. The number of carbonyl (C=O) groups is 1. The molecule has 4 rings (SSSR count). The van der Waals surface area contributed by atoms with Crippen LogP contribution in [0.5, 0.6) is 0 Å². The second-order valence-electron chi connectivity index (χ2n) is 8.78. The van der Waals surface area contributed by atoms with Crippen LogP contribution in [0.3, 0.4) is 0 Å². The van der Waals surface area contributed by atoms with Gasteiger partial charge in [-0.2, -0.15) is 0 Å². The molecular formula is C26H35N3O2. The highest BCUT2D eigenvalue weighted by Gasteiger charge is 2.12. The molecule has 166 valence electrons. The minimum atomic E-state index is -0.0140. The number of benzene rings is 2. The van der Waals surface area contributed by atoms with E-state index in [0.29, 0.717) is 6.54 Å². The van der Waals surface area contributed by atoms with Crippen LogP contribution in [0.15, 0.2) is 48.5 Å². The van der Waals surface area contributed by atoms with Crippen molar-refractivity contribution in [1.82, 2.24) is 15.1 Å². The standard InChI is InChI=1S/C26H35N3O2/c30-26(25-10-8-22(9-11-25)20-28-12-3-1-2-4-13-28)27-19-23-6-5-7-24(18-23)21-29-14-16-31-17-15-29/h5-11,18H,1-4,12-17,19-21H2,(H,27,30). The van der Waals surface area contributed by atoms with Gasteiger partial charge in [0.15, 0.2) is 0 Å². The number of hydrogen-bond donors (Lipinski definition) is 1. The fourth-order valence-electron chi connectivity index (χ4n) is 4.45. The van der Waals surface area contributed by atoms with Crippen LogP contribution < -0.4 is 5.32 Å². The van der Waals surface area contributed by atoms with E-state index in [1.165, 1.54) is 49.9 Å². The van der Waals surface area contributed by atoms with E-state index in [4.69, 9.17) is 4.74 Å². The number of amides is 1. The van der Waals surface area contributed by atoms with Crippen LogP contribution in [0.4, 0.5) is 0 Å². The molecule has 0 aromatic heterocycles. The molecule has 0 spiro atoms. The molecule has 0 atom stereocenters. The quantitative estimate of drug-likeness (QED) is 0.738. The van der Waals surface area contributed by atoms with Crippen LogP contribution in [-0.2, 0) is 24.4 Å². The summed E-state index contributed by atoms with van der Waals surface area (Å²) in [4.78, 5) is 17.6. The Labute approximate surface area is 186 Å². The van der Waals surface area contributed by atoms with Gasteiger partial charge in [0.1, 0.15) is 0 Å². The molecule has 2 saturated heterocycles. The zero-order chi connectivity index (χ0) is 21.3. The first kappa shape index (κ1) is 22.0. The molecule has 5 nitrogen and oxygen atoms in total. The van der Waals surface area contributed by atoms with Crippen molar-refractivity contribution in [3.8, 4) is 0 Å². The lowest BCUT2D eigenvalue weighted by molar-refractivity contribution is 0.0342. The number of hydrogen-bond acceptors (Lipinski definition) is 4. The zero-order valence-electron chi connectivity index (χ0n) is 18.5. The highest BCUT2D eigenvalue weighted by Crippen LogP contribution is 2.14. The van der Waals surface area contributed by atoms with Crippen molar-refractivity contribution in [2.75, 3.05) is 39.4 Å². The van der Waals surface area contributed by atoms with Crippen LogP contribution in [-0.4, -0.2) is 55.1 Å². The van der Waals surface area contributed by atoms with Gasteiger partial charge in [-0.05, 0) is 54.8 Å². The van der Waals surface area contributed by atoms with Crippen LogP contribution in [0.1, 0.15) is 52.7 Å². The average Bonchev–Trinajstić information content (AvgIpc) is 3.08. The van der Waals surface area contributed by atoms with Gasteiger partial charge in [0.25, 0.3) is 5.91 Å². The molecule has 0 radical (unpaired) electrons. The Kier molecular flexibility index (Phi) is 8.11. The van der Waals surface area contributed by atoms with Gasteiger partial charge in [-0.3, -0.25) is 14.6 Å². The molecule has 2 aliphatic rings. The van der Waals surface area contributed by atoms with Gasteiger partial charge < -0.3 is 10.1 Å². The first-order valence-corrected chi connectivity index (χ1v) is 11.7. The van der Waals surface area contributed by atoms with E-state index in [1.807, 2.05) is 12.1 Å². The van der Waals surface area contributed by atoms with Gasteiger partial charge in [-0.25, -0.2) is 0 Å². The maximum absolute atomic E-state index is 12.6. The van der Waals surface area contributed by atoms with Crippen molar-refractivity contribution in [2.24, 2.45) is 0 Å². The van der Waals surface area contributed by atoms with Crippen LogP contribution in [0, 0.1) is 0 Å². The molecule has 1 amide bonds. The lowest BCUT2D eigenvalue weighted by Crippen LogP contribution is -2.35. The maximum Gasteiger partial charge on any atom is 0.251 e. The zero-order valence-corrected chi connectivity index (χ0v) is 18.5. The molecule has 5 heteroatoms. The Morgan fingerprint density at radius 2 is 1.42 bits per heavy atom. The summed E-state index contributed by atoms with van der Waals surface area (Å²) in [5, 5.41) is 3.07. The van der Waals surface area contributed by atoms with Crippen molar-refractivity contribution >= 4 is 5.91 Å². The van der Waals surface area contributed by atoms with Crippen molar-refractivity contribution < 1.29 is 9.53 Å². The predicted octanol–water partition coefficient (Wildman–Crippen LogP) is 3.82. The summed E-state index contributed by atoms with van der Waals surface area (Å²) in [6.07, 6.45) is 5.31. The SMILES string of the molecule is O=C(NCc1cccc(CN2CCOCC2)c1)c1ccc(CN2CCCCCC2)cc1. The topological polar surface area (TPSA) is 44.8 Å². The van der Waals surface area contributed by atoms with Gasteiger partial charge >= 0.3 is 0 Å². The number of rotatable bonds is 7. The van der Waals surface area contributed by atoms with Crippen LogP contribution >= 0.6 is 0 Å². The minimum absolute atomic E-state index is 0.0140. The summed E-state index contributed by atoms with van der Waals surface area (Å²) in [6, 6.07) is 16.6. The number of nitrogens with zero attached hydrogens (tertiary/aromatic N) is 2. The fourth-order valence-corrected chi connectivity index (χ4v) is 4.45. The Bertz CT molecular complexity index is 823. The van der Waals surface area contributed by atoms with E-state index in [9.17, 15) is 4.79 Å². The minimum Gasteiger partial charge on any atom is -0.379 e. The van der Waals surface area contributed by atoms with E-state index < -0.39 is 0 Å². The Morgan fingerprint density at radius 3 is 2.16 bits per heavy atom. The largest absolute Gasteiger partial charge is 0.379 e. The Morgan fingerprint density at radius 1 is 0.774 bits per heavy atom. The maximum atomic E-state index is 12.6. The molecular weight excluding hydrogens is 386 g/mol. The highest BCUT2D eigenvalue weighted by atomic mass is 16.5. The van der Waals surface area contributed by atoms with Crippen molar-refractivity contribution in [1.29, 1.82) is 0 Å². The van der Waals surface area contributed by atoms with E-state index in [0.717, 1.165) is 50.5 Å². The molecule has 0 bridgehead atoms. The van der Waals surface area contributed by atoms with Crippen LogP contribution in [0.2, 0.25) is 0 Å². The lowest BCUT2D eigenvalue weighted by Gasteiger charge is -2.26. The molecule has 0 unspecified atom stereocenters. The summed E-state index contributed by atoms with van der Waals surface area (Å²) in [5.74, 6) is -0.0140. The fraction of sp³-hybridized carbons (Fsp3) is 0.500. The number of nitrogens with one attached hydrogen (secondary N) is 1. The number of morpholine rings is 1. The van der Waals surface area contributed by atoms with Gasteiger partial charge in [0, 0.05) is 38.3 Å². The highest BCUT2D eigenvalue weighted by molar-refractivity contribution is 5.94. The molecule has 0 saturated carbocycles. The average molecular weight is 422 g/mol. The van der Waals surface area contributed by atoms with Gasteiger partial charge in [0.05, 0.1) is 13.2 Å². The summed E-state index contributed by atoms with van der Waals surface area (Å²) in [7, 11) is 0. The van der Waals surface area contributed by atoms with Crippen LogP contribution in [0.25, 0.3) is 0 Å². The number of ether oxygens (including phenoxy) is 1. The second-order valence-corrected chi connectivity index (χ2v) is 8.78. The molecule has 1 N–H and O–H groups in total. The Balaban J connectivity index is 1.27. The van der Waals surface area contributed by atoms with E-state index in [1.54, 1.807) is 0 Å². The second kappa shape index (κ2) is 11.4. The number of carbonyl (C=O) groups excluding carboxylic acids is 1. The molecule has 2 fully saturated rings. The third kappa shape index (κ3) is 6.89. The third-order valence-corrected chi connectivity index (χ3v) is 6.28. The Hall–Kier alpha value is -2.21. The molecule has 31 heavy (non-hydrogen) atoms. The van der Waals surface area contributed by atoms with Crippen molar-refractivity contribution in [3.05, 3.63) is 70.8 Å². The molecule has 2 aliphatic heterocycles. The van der Waals surface area contributed by atoms with Gasteiger partial charge in [0.2, 0.25) is 0 Å². The summed E-state index contributed by atoms with van der Waals surface area (Å²) >= 11 is 0. The molecule has 2 heterocycles. The lowest BCUT2D eigenvalue weighted by atomic mass is 10.1. The normalized spacial score (nSPS) is 18.5. The van der Waals surface area contributed by atoms with E-state index in [2.05, 4.69) is 51.5 Å². The van der Waals surface area contributed by atoms with Crippen molar-refractivity contribution in [3.63, 3.8) is 0 Å².